The van der Waals surface area contributed by atoms with Crippen molar-refractivity contribution in [3.8, 4) is 0 Å². The Morgan fingerprint density at radius 3 is 2.68 bits per heavy atom. The maximum atomic E-state index is 11.6. The molecular formula is C18H23N5O5. The summed E-state index contributed by atoms with van der Waals surface area (Å²) in [6.07, 6.45) is -1.22. The molecule has 0 fully saturated rings. The highest BCUT2D eigenvalue weighted by Crippen LogP contribution is 2.33. The first kappa shape index (κ1) is 20.9. The van der Waals surface area contributed by atoms with Crippen LogP contribution in [0.1, 0.15) is 19.4 Å². The van der Waals surface area contributed by atoms with Crippen LogP contribution in [0.25, 0.3) is 0 Å². The SMILES string of the molecule is CCOC(=O)Nc1cc(NC(C)C(O)Cc2ccccc2)c([N+](=O)[O-])c(N)n1. The Morgan fingerprint density at radius 1 is 1.39 bits per heavy atom. The monoisotopic (exact) mass is 389 g/mol. The molecule has 5 N–H and O–H groups in total. The number of aliphatic hydroxyl groups is 1. The highest BCUT2D eigenvalue weighted by molar-refractivity contribution is 5.86. The van der Waals surface area contributed by atoms with Crippen LogP contribution in [0.5, 0.6) is 0 Å². The molecule has 1 heterocycles. The van der Waals surface area contributed by atoms with Crippen LogP contribution < -0.4 is 16.4 Å². The normalized spacial score (nSPS) is 12.7. The molecule has 2 unspecified atom stereocenters. The van der Waals surface area contributed by atoms with Crippen molar-refractivity contribution in [3.05, 3.63) is 52.1 Å². The molecule has 0 aliphatic rings. The van der Waals surface area contributed by atoms with Gasteiger partial charge in [0.2, 0.25) is 5.82 Å². The van der Waals surface area contributed by atoms with E-state index in [4.69, 9.17) is 10.5 Å². The van der Waals surface area contributed by atoms with Gasteiger partial charge in [-0.3, -0.25) is 15.4 Å². The molecule has 1 amide bonds. The first-order valence-corrected chi connectivity index (χ1v) is 8.69. The summed E-state index contributed by atoms with van der Waals surface area (Å²) in [7, 11) is 0. The van der Waals surface area contributed by atoms with Gasteiger partial charge in [0, 0.05) is 18.5 Å². The average Bonchev–Trinajstić information content (AvgIpc) is 2.61. The van der Waals surface area contributed by atoms with Gasteiger partial charge in [-0.25, -0.2) is 9.78 Å². The van der Waals surface area contributed by atoms with E-state index in [9.17, 15) is 20.0 Å². The Balaban J connectivity index is 2.22. The minimum atomic E-state index is -0.821. The molecule has 2 atom stereocenters. The number of rotatable bonds is 8. The molecule has 2 rings (SSSR count). The molecule has 1 aromatic heterocycles. The third-order valence-electron chi connectivity index (χ3n) is 3.96. The minimum Gasteiger partial charge on any atom is -0.450 e. The lowest BCUT2D eigenvalue weighted by molar-refractivity contribution is -0.383. The molecular weight excluding hydrogens is 366 g/mol. The minimum absolute atomic E-state index is 0.00574. The molecule has 2 aromatic rings. The van der Waals surface area contributed by atoms with Crippen LogP contribution in [0.3, 0.4) is 0 Å². The first-order valence-electron chi connectivity index (χ1n) is 8.69. The number of nitrogens with one attached hydrogen (secondary N) is 2. The second kappa shape index (κ2) is 9.51. The number of ether oxygens (including phenoxy) is 1. The maximum absolute atomic E-state index is 11.6. The van der Waals surface area contributed by atoms with E-state index >= 15 is 0 Å². The summed E-state index contributed by atoms with van der Waals surface area (Å²) < 4.78 is 4.76. The van der Waals surface area contributed by atoms with Crippen LogP contribution in [0.2, 0.25) is 0 Å². The van der Waals surface area contributed by atoms with Crippen molar-refractivity contribution >= 4 is 29.1 Å². The maximum Gasteiger partial charge on any atom is 0.412 e. The summed E-state index contributed by atoms with van der Waals surface area (Å²) in [4.78, 5) is 26.1. The number of aliphatic hydroxyl groups excluding tert-OH is 1. The Bertz CT molecular complexity index is 831. The van der Waals surface area contributed by atoms with E-state index in [0.29, 0.717) is 6.42 Å². The molecule has 150 valence electrons. The zero-order valence-corrected chi connectivity index (χ0v) is 15.6. The number of carbonyl (C=O) groups excluding carboxylic acids is 1. The number of hydrogen-bond donors (Lipinski definition) is 4. The number of benzene rings is 1. The molecule has 0 bridgehead atoms. The van der Waals surface area contributed by atoms with Gasteiger partial charge in [-0.15, -0.1) is 0 Å². The van der Waals surface area contributed by atoms with Gasteiger partial charge in [-0.05, 0) is 19.4 Å². The van der Waals surface area contributed by atoms with Gasteiger partial charge in [-0.1, -0.05) is 30.3 Å². The average molecular weight is 389 g/mol. The van der Waals surface area contributed by atoms with Crippen LogP contribution in [-0.2, 0) is 11.2 Å². The number of nitrogen functional groups attached to an aromatic ring is 1. The van der Waals surface area contributed by atoms with Crippen LogP contribution in [0, 0.1) is 10.1 Å². The third-order valence-corrected chi connectivity index (χ3v) is 3.96. The molecule has 28 heavy (non-hydrogen) atoms. The predicted octanol–water partition coefficient (Wildman–Crippen LogP) is 2.54. The number of nitrogens with zero attached hydrogens (tertiary/aromatic N) is 2. The topological polar surface area (TPSA) is 153 Å². The van der Waals surface area contributed by atoms with E-state index < -0.39 is 28.8 Å². The number of nitro groups is 1. The number of nitrogens with two attached hydrogens (primary N) is 1. The number of aromatic nitrogens is 1. The van der Waals surface area contributed by atoms with Crippen LogP contribution in [0.4, 0.5) is 27.8 Å². The largest absolute Gasteiger partial charge is 0.450 e. The summed E-state index contributed by atoms with van der Waals surface area (Å²) in [5, 5.41) is 27.1. The molecule has 0 aliphatic heterocycles. The van der Waals surface area contributed by atoms with Gasteiger partial charge in [0.05, 0.1) is 17.6 Å². The van der Waals surface area contributed by atoms with Crippen LogP contribution in [0.15, 0.2) is 36.4 Å². The smallest absolute Gasteiger partial charge is 0.412 e. The second-order valence-electron chi connectivity index (χ2n) is 6.08. The van der Waals surface area contributed by atoms with Gasteiger partial charge >= 0.3 is 11.8 Å². The summed E-state index contributed by atoms with van der Waals surface area (Å²) in [5.41, 5.74) is 6.22. The predicted molar refractivity (Wildman–Crippen MR) is 105 cm³/mol. The standard InChI is InChI=1S/C18H23N5O5/c1-3-28-18(25)22-15-10-13(16(23(26)27)17(19)21-15)20-11(2)14(24)9-12-7-5-4-6-8-12/h4-8,10-11,14,24H,3,9H2,1-2H3,(H4,19,20,21,22,25). The zero-order valence-electron chi connectivity index (χ0n) is 15.6. The molecule has 10 heteroatoms. The van der Waals surface area contributed by atoms with E-state index in [2.05, 4.69) is 15.6 Å². The van der Waals surface area contributed by atoms with Crippen molar-refractivity contribution in [1.82, 2.24) is 4.98 Å². The lowest BCUT2D eigenvalue weighted by Gasteiger charge is -2.22. The van der Waals surface area contributed by atoms with E-state index in [-0.39, 0.29) is 23.9 Å². The van der Waals surface area contributed by atoms with E-state index in [1.165, 1.54) is 6.07 Å². The molecule has 0 aliphatic carbocycles. The highest BCUT2D eigenvalue weighted by Gasteiger charge is 2.25. The van der Waals surface area contributed by atoms with E-state index in [0.717, 1.165) is 5.56 Å². The van der Waals surface area contributed by atoms with Crippen molar-refractivity contribution < 1.29 is 19.6 Å². The molecule has 0 saturated carbocycles. The van der Waals surface area contributed by atoms with Crippen molar-refractivity contribution in [2.24, 2.45) is 0 Å². The number of carbonyl (C=O) groups is 1. The fourth-order valence-electron chi connectivity index (χ4n) is 2.57. The number of anilines is 3. The Kier molecular flexibility index (Phi) is 7.10. The third kappa shape index (κ3) is 5.55. The quantitative estimate of drug-likeness (QED) is 0.397. The fraction of sp³-hybridized carbons (Fsp3) is 0.333. The number of pyridine rings is 1. The van der Waals surface area contributed by atoms with Gasteiger partial charge in [0.1, 0.15) is 11.5 Å². The molecule has 10 nitrogen and oxygen atoms in total. The summed E-state index contributed by atoms with van der Waals surface area (Å²) in [6, 6.07) is 10.1. The van der Waals surface area contributed by atoms with Gasteiger partial charge in [0.15, 0.2) is 0 Å². The lowest BCUT2D eigenvalue weighted by atomic mass is 10.0. The lowest BCUT2D eigenvalue weighted by Crippen LogP contribution is -2.32. The molecule has 0 saturated heterocycles. The molecule has 0 spiro atoms. The first-order chi connectivity index (χ1) is 13.3. The second-order valence-corrected chi connectivity index (χ2v) is 6.08. The number of hydrogen-bond acceptors (Lipinski definition) is 8. The Morgan fingerprint density at radius 2 is 2.07 bits per heavy atom. The molecule has 0 radical (unpaired) electrons. The van der Waals surface area contributed by atoms with Gasteiger partial charge in [0.25, 0.3) is 0 Å². The number of amides is 1. The summed E-state index contributed by atoms with van der Waals surface area (Å²) in [6.45, 7) is 3.48. The van der Waals surface area contributed by atoms with E-state index in [1.807, 2.05) is 30.3 Å². The van der Waals surface area contributed by atoms with Gasteiger partial charge in [-0.2, -0.15) is 0 Å². The van der Waals surface area contributed by atoms with Crippen LogP contribution in [-0.4, -0.2) is 39.9 Å². The van der Waals surface area contributed by atoms with Crippen LogP contribution >= 0.6 is 0 Å². The van der Waals surface area contributed by atoms with Crippen molar-refractivity contribution in [3.63, 3.8) is 0 Å². The Labute approximate surface area is 161 Å². The Hall–Kier alpha value is -3.40. The van der Waals surface area contributed by atoms with Crippen molar-refractivity contribution in [1.29, 1.82) is 0 Å². The van der Waals surface area contributed by atoms with E-state index in [1.54, 1.807) is 13.8 Å². The van der Waals surface area contributed by atoms with Gasteiger partial charge < -0.3 is 20.9 Å². The zero-order chi connectivity index (χ0) is 20.7. The van der Waals surface area contributed by atoms with Crippen molar-refractivity contribution in [2.75, 3.05) is 23.0 Å². The fourth-order valence-corrected chi connectivity index (χ4v) is 2.57. The summed E-state index contributed by atoms with van der Waals surface area (Å²) >= 11 is 0. The summed E-state index contributed by atoms with van der Waals surface area (Å²) in [5.74, 6) is -0.375. The van der Waals surface area contributed by atoms with Crippen molar-refractivity contribution in [2.45, 2.75) is 32.4 Å². The molecule has 1 aromatic carbocycles. The highest BCUT2D eigenvalue weighted by atomic mass is 16.6.